The van der Waals surface area contributed by atoms with Crippen molar-refractivity contribution in [3.63, 3.8) is 0 Å². The average Bonchev–Trinajstić information content (AvgIpc) is 2.95. The summed E-state index contributed by atoms with van der Waals surface area (Å²) in [6.07, 6.45) is 3.89. The lowest BCUT2D eigenvalue weighted by Gasteiger charge is -2.41. The second-order valence-electron chi connectivity index (χ2n) is 16.1. The second kappa shape index (κ2) is 17.3. The highest BCUT2D eigenvalue weighted by atomic mass is 16.6. The fraction of sp³-hybridized carbons (Fsp3) is 0.667. The van der Waals surface area contributed by atoms with E-state index in [-0.39, 0.29) is 6.09 Å². The molecule has 2 aliphatic heterocycles. The minimum Gasteiger partial charge on any atom is -0.444 e. The van der Waals surface area contributed by atoms with E-state index in [0.717, 1.165) is 45.6 Å². The summed E-state index contributed by atoms with van der Waals surface area (Å²) in [5.74, 6) is 0. The fourth-order valence-corrected chi connectivity index (χ4v) is 6.62. The predicted octanol–water partition coefficient (Wildman–Crippen LogP) is 6.29. The van der Waals surface area contributed by atoms with Gasteiger partial charge in [-0.1, -0.05) is 59.7 Å². The van der Waals surface area contributed by atoms with Gasteiger partial charge in [0, 0.05) is 51.4 Å². The molecule has 2 aromatic carbocycles. The molecule has 0 unspecified atom stereocenters. The largest absolute Gasteiger partial charge is 0.444 e. The van der Waals surface area contributed by atoms with Crippen molar-refractivity contribution in [2.45, 2.75) is 130 Å². The summed E-state index contributed by atoms with van der Waals surface area (Å²) in [5.41, 5.74) is 3.28. The molecular weight excluding hydrogens is 588 g/mol. The molecule has 2 saturated heterocycles. The van der Waals surface area contributed by atoms with E-state index in [1.165, 1.54) is 35.1 Å². The van der Waals surface area contributed by atoms with Gasteiger partial charge in [-0.25, -0.2) is 4.79 Å². The van der Waals surface area contributed by atoms with Crippen molar-refractivity contribution in [3.05, 3.63) is 70.8 Å². The number of hydrogen-bond acceptors (Lipinski definition) is 7. The molecule has 0 aromatic heterocycles. The van der Waals surface area contributed by atoms with E-state index in [9.17, 15) is 15.0 Å². The van der Waals surface area contributed by atoms with Gasteiger partial charge in [0.15, 0.2) is 0 Å². The molecule has 2 heterocycles. The molecule has 2 aromatic rings. The highest BCUT2D eigenvalue weighted by Gasteiger charge is 2.32. The monoisotopic (exact) mass is 652 g/mol. The third-order valence-corrected chi connectivity index (χ3v) is 8.57. The summed E-state index contributed by atoms with van der Waals surface area (Å²) in [6, 6.07) is 18.1. The van der Waals surface area contributed by atoms with Gasteiger partial charge in [-0.3, -0.25) is 9.80 Å². The van der Waals surface area contributed by atoms with Crippen LogP contribution in [-0.2, 0) is 17.8 Å². The molecule has 2 aliphatic rings. The molecule has 1 amide bonds. The first-order chi connectivity index (χ1) is 21.9. The Balaban J connectivity index is 0.000000267. The van der Waals surface area contributed by atoms with Crippen LogP contribution in [0.5, 0.6) is 0 Å². The Labute approximate surface area is 285 Å². The molecule has 4 rings (SSSR count). The first-order valence-electron chi connectivity index (χ1n) is 17.6. The lowest BCUT2D eigenvalue weighted by molar-refractivity contribution is -0.00720. The number of amides is 1. The number of carbonyl (C=O) groups excluding carboxylic acids is 1. The number of benzene rings is 2. The van der Waals surface area contributed by atoms with E-state index in [4.69, 9.17) is 4.74 Å². The second-order valence-corrected chi connectivity index (χ2v) is 16.1. The fourth-order valence-electron chi connectivity index (χ4n) is 6.62. The van der Waals surface area contributed by atoms with Crippen LogP contribution >= 0.6 is 0 Å². The zero-order chi connectivity index (χ0) is 34.8. The summed E-state index contributed by atoms with van der Waals surface area (Å²) in [4.78, 5) is 18.9. The molecule has 264 valence electrons. The molecule has 2 fully saturated rings. The number of ether oxygens (including phenoxy) is 1. The zero-order valence-corrected chi connectivity index (χ0v) is 30.8. The molecule has 0 atom stereocenters. The molecule has 8 nitrogen and oxygen atoms in total. The standard InChI is InChI=1S/C22H36N2O3.C17H28N2O/c1-17-8-7-9-18(14-17)15-24(16-22(5,6)26)19-10-12-23(13-11-19)20(25)27-21(2,3)4;1-14-5-4-6-15(11-14)12-19(13-17(2,3)20)16-7-9-18-10-8-16/h7-9,14,19,26H,10-13,15-16H2,1-6H3;4-6,11,16,18,20H,7-10,12-13H2,1-3H3. The number of aryl methyl sites for hydroxylation is 2. The summed E-state index contributed by atoms with van der Waals surface area (Å²) in [5, 5.41) is 24.0. The lowest BCUT2D eigenvalue weighted by atomic mass is 9.99. The van der Waals surface area contributed by atoms with Crippen molar-refractivity contribution in [1.82, 2.24) is 20.0 Å². The summed E-state index contributed by atoms with van der Waals surface area (Å²) >= 11 is 0. The predicted molar refractivity (Wildman–Crippen MR) is 192 cm³/mol. The SMILES string of the molecule is Cc1cccc(CN(CC(C)(C)O)C2CCN(C(=O)OC(C)(C)C)CC2)c1.Cc1cccc(CN(CC(C)(C)O)C2CCNCC2)c1. The quantitative estimate of drug-likeness (QED) is 0.278. The van der Waals surface area contributed by atoms with Gasteiger partial charge in [0.05, 0.1) is 11.2 Å². The van der Waals surface area contributed by atoms with Gasteiger partial charge in [-0.2, -0.15) is 0 Å². The van der Waals surface area contributed by atoms with Gasteiger partial charge in [0.25, 0.3) is 0 Å². The summed E-state index contributed by atoms with van der Waals surface area (Å²) < 4.78 is 5.50. The first kappa shape index (κ1) is 39.0. The maximum Gasteiger partial charge on any atom is 0.410 e. The molecule has 0 aliphatic carbocycles. The Morgan fingerprint density at radius 3 is 1.57 bits per heavy atom. The van der Waals surface area contributed by atoms with Crippen LogP contribution in [0.3, 0.4) is 0 Å². The van der Waals surface area contributed by atoms with Crippen LogP contribution in [0.25, 0.3) is 0 Å². The Morgan fingerprint density at radius 2 is 1.19 bits per heavy atom. The minimum absolute atomic E-state index is 0.228. The van der Waals surface area contributed by atoms with Gasteiger partial charge in [0.2, 0.25) is 0 Å². The van der Waals surface area contributed by atoms with Crippen LogP contribution in [0.2, 0.25) is 0 Å². The van der Waals surface area contributed by atoms with Gasteiger partial charge in [-0.15, -0.1) is 0 Å². The molecule has 0 radical (unpaired) electrons. The van der Waals surface area contributed by atoms with Crippen molar-refractivity contribution in [1.29, 1.82) is 0 Å². The third kappa shape index (κ3) is 15.1. The number of aliphatic hydroxyl groups is 2. The van der Waals surface area contributed by atoms with Crippen LogP contribution in [0.4, 0.5) is 4.79 Å². The normalized spacial score (nSPS) is 17.1. The Morgan fingerprint density at radius 1 is 0.766 bits per heavy atom. The number of likely N-dealkylation sites (tertiary alicyclic amines) is 1. The van der Waals surface area contributed by atoms with Gasteiger partial charge < -0.3 is 25.2 Å². The van der Waals surface area contributed by atoms with Crippen molar-refractivity contribution in [2.75, 3.05) is 39.3 Å². The number of nitrogens with one attached hydrogen (secondary N) is 1. The van der Waals surface area contributed by atoms with Crippen molar-refractivity contribution in [3.8, 4) is 0 Å². The number of rotatable bonds is 10. The molecular formula is C39H64N4O4. The van der Waals surface area contributed by atoms with E-state index in [1.54, 1.807) is 4.90 Å². The van der Waals surface area contributed by atoms with Crippen molar-refractivity contribution < 1.29 is 19.7 Å². The van der Waals surface area contributed by atoms with E-state index in [0.29, 0.717) is 31.7 Å². The van der Waals surface area contributed by atoms with E-state index in [1.807, 2.05) is 48.5 Å². The maximum atomic E-state index is 12.3. The smallest absolute Gasteiger partial charge is 0.410 e. The highest BCUT2D eigenvalue weighted by molar-refractivity contribution is 5.68. The van der Waals surface area contributed by atoms with Crippen LogP contribution in [0.1, 0.15) is 96.4 Å². The molecule has 47 heavy (non-hydrogen) atoms. The van der Waals surface area contributed by atoms with Gasteiger partial charge in [-0.05, 0) is 112 Å². The molecule has 0 bridgehead atoms. The Bertz CT molecular complexity index is 1230. The lowest BCUT2D eigenvalue weighted by Crippen LogP contribution is -2.50. The number of nitrogens with zero attached hydrogens (tertiary/aromatic N) is 3. The van der Waals surface area contributed by atoms with Crippen molar-refractivity contribution >= 4 is 6.09 Å². The summed E-state index contributed by atoms with van der Waals surface area (Å²) in [7, 11) is 0. The number of hydrogen-bond donors (Lipinski definition) is 3. The van der Waals surface area contributed by atoms with Crippen LogP contribution in [0.15, 0.2) is 48.5 Å². The van der Waals surface area contributed by atoms with Crippen LogP contribution in [0, 0.1) is 13.8 Å². The molecule has 0 saturated carbocycles. The van der Waals surface area contributed by atoms with E-state index >= 15 is 0 Å². The van der Waals surface area contributed by atoms with Crippen LogP contribution < -0.4 is 5.32 Å². The number of piperidine rings is 2. The topological polar surface area (TPSA) is 88.5 Å². The highest BCUT2D eigenvalue weighted by Crippen LogP contribution is 2.24. The third-order valence-electron chi connectivity index (χ3n) is 8.57. The Hall–Kier alpha value is -2.49. The molecule has 3 N–H and O–H groups in total. The number of carbonyl (C=O) groups is 1. The maximum absolute atomic E-state index is 12.3. The zero-order valence-electron chi connectivity index (χ0n) is 30.8. The van der Waals surface area contributed by atoms with E-state index in [2.05, 4.69) is 77.5 Å². The minimum atomic E-state index is -0.758. The van der Waals surface area contributed by atoms with Gasteiger partial charge in [0.1, 0.15) is 5.60 Å². The molecule has 0 spiro atoms. The Kier molecular flexibility index (Phi) is 14.3. The van der Waals surface area contributed by atoms with Gasteiger partial charge >= 0.3 is 6.09 Å². The van der Waals surface area contributed by atoms with Crippen molar-refractivity contribution in [2.24, 2.45) is 0 Å². The first-order valence-corrected chi connectivity index (χ1v) is 17.6. The van der Waals surface area contributed by atoms with Crippen LogP contribution in [-0.4, -0.2) is 99.2 Å². The average molecular weight is 653 g/mol. The van der Waals surface area contributed by atoms with E-state index < -0.39 is 16.8 Å². The molecule has 8 heteroatoms. The summed E-state index contributed by atoms with van der Waals surface area (Å²) in [6.45, 7) is 24.0.